The van der Waals surface area contributed by atoms with Crippen molar-refractivity contribution in [1.29, 1.82) is 0 Å². The van der Waals surface area contributed by atoms with E-state index in [0.717, 1.165) is 16.3 Å². The highest BCUT2D eigenvalue weighted by Gasteiger charge is 2.23. The van der Waals surface area contributed by atoms with E-state index in [4.69, 9.17) is 4.74 Å². The molecule has 0 spiro atoms. The van der Waals surface area contributed by atoms with Gasteiger partial charge in [-0.1, -0.05) is 6.07 Å². The number of hydrogen-bond donors (Lipinski definition) is 0. The largest absolute Gasteiger partial charge is 0.375 e. The fourth-order valence-corrected chi connectivity index (χ4v) is 3.04. The fraction of sp³-hybridized carbons (Fsp3) is 0.400. The molecule has 21 heavy (non-hydrogen) atoms. The van der Waals surface area contributed by atoms with Crippen molar-refractivity contribution < 1.29 is 9.53 Å². The highest BCUT2D eigenvalue weighted by atomic mass is 32.1. The van der Waals surface area contributed by atoms with Gasteiger partial charge in [0.1, 0.15) is 21.8 Å². The number of pyridine rings is 1. The number of thiazole rings is 1. The first-order chi connectivity index (χ1) is 9.95. The Bertz CT molecular complexity index is 654. The number of aromatic nitrogens is 2. The molecule has 2 aromatic heterocycles. The van der Waals surface area contributed by atoms with Crippen LogP contribution in [-0.4, -0.2) is 30.0 Å². The van der Waals surface area contributed by atoms with Crippen LogP contribution in [0, 0.1) is 13.8 Å². The van der Waals surface area contributed by atoms with E-state index in [0.29, 0.717) is 10.7 Å². The van der Waals surface area contributed by atoms with Crippen LogP contribution in [0.4, 0.5) is 5.82 Å². The monoisotopic (exact) mass is 305 g/mol. The first-order valence-corrected chi connectivity index (χ1v) is 7.47. The molecule has 6 heteroatoms. The summed E-state index contributed by atoms with van der Waals surface area (Å²) in [5, 5.41) is 0.810. The summed E-state index contributed by atoms with van der Waals surface area (Å²) < 4.78 is 5.26. The molecule has 0 fully saturated rings. The lowest BCUT2D eigenvalue weighted by Gasteiger charge is -2.17. The minimum atomic E-state index is -0.114. The number of amides is 1. The number of nitrogens with zero attached hydrogens (tertiary/aromatic N) is 3. The molecular formula is C15H19N3O2S. The maximum absolute atomic E-state index is 12.7. The molecule has 1 amide bonds. The number of carbonyl (C=O) groups excluding carboxylic acids is 1. The summed E-state index contributed by atoms with van der Waals surface area (Å²) in [7, 11) is 3.36. The van der Waals surface area contributed by atoms with Gasteiger partial charge in [0.25, 0.3) is 5.91 Å². The van der Waals surface area contributed by atoms with Gasteiger partial charge in [0.15, 0.2) is 0 Å². The second-order valence-corrected chi connectivity index (χ2v) is 5.88. The highest BCUT2D eigenvalue weighted by molar-refractivity contribution is 7.14. The molecular weight excluding hydrogens is 286 g/mol. The van der Waals surface area contributed by atoms with Crippen LogP contribution >= 0.6 is 11.3 Å². The zero-order chi connectivity index (χ0) is 15.6. The summed E-state index contributed by atoms with van der Waals surface area (Å²) in [6.45, 7) is 5.69. The molecule has 0 radical (unpaired) electrons. The van der Waals surface area contributed by atoms with Gasteiger partial charge in [0, 0.05) is 20.4 Å². The van der Waals surface area contributed by atoms with Gasteiger partial charge in [-0.2, -0.15) is 0 Å². The number of carbonyl (C=O) groups is 1. The van der Waals surface area contributed by atoms with Crippen molar-refractivity contribution in [2.75, 3.05) is 19.1 Å². The van der Waals surface area contributed by atoms with Gasteiger partial charge in [-0.15, -0.1) is 11.3 Å². The molecule has 0 N–H and O–H groups in total. The number of anilines is 1. The molecule has 0 saturated heterocycles. The van der Waals surface area contributed by atoms with Crippen LogP contribution < -0.4 is 4.90 Å². The highest BCUT2D eigenvalue weighted by Crippen LogP contribution is 2.27. The fourth-order valence-electron chi connectivity index (χ4n) is 1.97. The Kier molecular flexibility index (Phi) is 4.69. The van der Waals surface area contributed by atoms with Crippen LogP contribution in [0.25, 0.3) is 0 Å². The molecule has 1 unspecified atom stereocenters. The maximum atomic E-state index is 12.7. The van der Waals surface area contributed by atoms with E-state index < -0.39 is 0 Å². The predicted molar refractivity (Wildman–Crippen MR) is 84.0 cm³/mol. The van der Waals surface area contributed by atoms with Crippen LogP contribution in [0.1, 0.15) is 39.0 Å². The third kappa shape index (κ3) is 3.11. The molecule has 0 aromatic carbocycles. The van der Waals surface area contributed by atoms with Crippen LogP contribution in [0.3, 0.4) is 0 Å². The normalized spacial score (nSPS) is 12.2. The third-order valence-corrected chi connectivity index (χ3v) is 4.62. The lowest BCUT2D eigenvalue weighted by molar-refractivity contribution is 0.0995. The van der Waals surface area contributed by atoms with Crippen LogP contribution in [-0.2, 0) is 4.74 Å². The first-order valence-electron chi connectivity index (χ1n) is 6.65. The number of hydrogen-bond acceptors (Lipinski definition) is 5. The lowest BCUT2D eigenvalue weighted by Crippen LogP contribution is -2.27. The van der Waals surface area contributed by atoms with Crippen LogP contribution in [0.15, 0.2) is 18.3 Å². The van der Waals surface area contributed by atoms with E-state index in [9.17, 15) is 4.79 Å². The number of aryl methyl sites for hydroxylation is 2. The molecule has 0 aliphatic rings. The van der Waals surface area contributed by atoms with Gasteiger partial charge in [0.05, 0.1) is 5.69 Å². The maximum Gasteiger partial charge on any atom is 0.271 e. The van der Waals surface area contributed by atoms with Crippen molar-refractivity contribution in [2.45, 2.75) is 26.9 Å². The SMILES string of the molecule is COC(C)c1nc(C)c(C(=O)N(C)c2ncccc2C)s1. The lowest BCUT2D eigenvalue weighted by atomic mass is 10.2. The third-order valence-electron chi connectivity index (χ3n) is 3.31. The second kappa shape index (κ2) is 6.32. The molecule has 2 aromatic rings. The Morgan fingerprint density at radius 1 is 1.43 bits per heavy atom. The molecule has 5 nitrogen and oxygen atoms in total. The Morgan fingerprint density at radius 2 is 2.14 bits per heavy atom. The molecule has 2 heterocycles. The number of rotatable bonds is 4. The molecule has 0 aliphatic heterocycles. The summed E-state index contributed by atoms with van der Waals surface area (Å²) in [4.78, 5) is 23.6. The summed E-state index contributed by atoms with van der Waals surface area (Å²) in [5.41, 5.74) is 1.69. The van der Waals surface area contributed by atoms with Crippen molar-refractivity contribution in [3.05, 3.63) is 39.5 Å². The quantitative estimate of drug-likeness (QED) is 0.871. The van der Waals surface area contributed by atoms with Gasteiger partial charge in [-0.05, 0) is 32.4 Å². The van der Waals surface area contributed by atoms with Gasteiger partial charge in [-0.3, -0.25) is 9.69 Å². The molecule has 0 saturated carbocycles. The van der Waals surface area contributed by atoms with Crippen molar-refractivity contribution in [3.8, 4) is 0 Å². The minimum absolute atomic E-state index is 0.0960. The van der Waals surface area contributed by atoms with E-state index in [1.807, 2.05) is 32.9 Å². The van der Waals surface area contributed by atoms with Crippen molar-refractivity contribution in [2.24, 2.45) is 0 Å². The average Bonchev–Trinajstić information content (AvgIpc) is 2.87. The Balaban J connectivity index is 2.32. The van der Waals surface area contributed by atoms with E-state index in [1.54, 1.807) is 25.3 Å². The first kappa shape index (κ1) is 15.6. The van der Waals surface area contributed by atoms with Crippen LogP contribution in [0.5, 0.6) is 0 Å². The molecule has 0 aliphatic carbocycles. The Morgan fingerprint density at radius 3 is 2.76 bits per heavy atom. The van der Waals surface area contributed by atoms with E-state index in [2.05, 4.69) is 9.97 Å². The van der Waals surface area contributed by atoms with Gasteiger partial charge in [-0.25, -0.2) is 9.97 Å². The zero-order valence-corrected chi connectivity index (χ0v) is 13.7. The second-order valence-electron chi connectivity index (χ2n) is 4.85. The van der Waals surface area contributed by atoms with E-state index in [1.165, 1.54) is 11.3 Å². The minimum Gasteiger partial charge on any atom is -0.375 e. The molecule has 0 bridgehead atoms. The Hall–Kier alpha value is -1.79. The van der Waals surface area contributed by atoms with Crippen molar-refractivity contribution >= 4 is 23.1 Å². The van der Waals surface area contributed by atoms with E-state index >= 15 is 0 Å². The summed E-state index contributed by atoms with van der Waals surface area (Å²) >= 11 is 1.37. The molecule has 112 valence electrons. The molecule has 2 rings (SSSR count). The smallest absolute Gasteiger partial charge is 0.271 e. The van der Waals surface area contributed by atoms with Crippen molar-refractivity contribution in [1.82, 2.24) is 9.97 Å². The zero-order valence-electron chi connectivity index (χ0n) is 12.9. The van der Waals surface area contributed by atoms with Gasteiger partial charge >= 0.3 is 0 Å². The molecule has 1 atom stereocenters. The predicted octanol–water partition coefficient (Wildman–Crippen LogP) is 3.14. The summed E-state index contributed by atoms with van der Waals surface area (Å²) in [6, 6.07) is 3.79. The number of ether oxygens (including phenoxy) is 1. The summed E-state index contributed by atoms with van der Waals surface area (Å²) in [6.07, 6.45) is 1.57. The van der Waals surface area contributed by atoms with Gasteiger partial charge in [0.2, 0.25) is 0 Å². The topological polar surface area (TPSA) is 55.3 Å². The van der Waals surface area contributed by atoms with Crippen molar-refractivity contribution in [3.63, 3.8) is 0 Å². The van der Waals surface area contributed by atoms with Gasteiger partial charge < -0.3 is 4.74 Å². The Labute approximate surface area is 128 Å². The van der Waals surface area contributed by atoms with Crippen LogP contribution in [0.2, 0.25) is 0 Å². The van der Waals surface area contributed by atoms with E-state index in [-0.39, 0.29) is 12.0 Å². The standard InChI is InChI=1S/C15H19N3O2S/c1-9-7-6-8-16-13(9)18(4)15(19)12-10(2)17-14(21-12)11(3)20-5/h6-8,11H,1-5H3. The number of methoxy groups -OCH3 is 1. The average molecular weight is 305 g/mol. The summed E-state index contributed by atoms with van der Waals surface area (Å²) in [5.74, 6) is 0.568.